The number of Topliss-reactive ketones (excluding diaryl/α,β-unsaturated/α-hetero) is 1. The van der Waals surface area contributed by atoms with Crippen molar-refractivity contribution in [3.8, 4) is 0 Å². The fourth-order valence-corrected chi connectivity index (χ4v) is 4.69. The summed E-state index contributed by atoms with van der Waals surface area (Å²) in [5, 5.41) is 12.0. The summed E-state index contributed by atoms with van der Waals surface area (Å²) in [6.45, 7) is 1.82. The summed E-state index contributed by atoms with van der Waals surface area (Å²) in [5.74, 6) is -0.0391. The fourth-order valence-electron chi connectivity index (χ4n) is 2.07. The molecule has 0 spiro atoms. The van der Waals surface area contributed by atoms with E-state index >= 15 is 0 Å². The van der Waals surface area contributed by atoms with E-state index in [0.717, 1.165) is 15.7 Å². The smallest absolute Gasteiger partial charge is 0.229 e. The topological polar surface area (TPSA) is 101 Å². The van der Waals surface area contributed by atoms with Gasteiger partial charge in [-0.15, -0.1) is 10.2 Å². The maximum absolute atomic E-state index is 12.5. The highest BCUT2D eigenvalue weighted by Gasteiger charge is 2.23. The Balaban J connectivity index is 1.60. The number of aromatic nitrogens is 2. The van der Waals surface area contributed by atoms with Crippen LogP contribution in [0.15, 0.2) is 28.6 Å². The number of benzene rings is 1. The van der Waals surface area contributed by atoms with Crippen molar-refractivity contribution in [3.05, 3.63) is 29.8 Å². The Morgan fingerprint density at radius 3 is 2.56 bits per heavy atom. The molecule has 0 saturated heterocycles. The molecule has 1 aliphatic rings. The quantitative estimate of drug-likeness (QED) is 0.521. The molecule has 1 aromatic carbocycles. The zero-order valence-corrected chi connectivity index (χ0v) is 16.2. The Morgan fingerprint density at radius 2 is 1.96 bits per heavy atom. The number of nitrogens with zero attached hydrogens (tertiary/aromatic N) is 2. The largest absolute Gasteiger partial charge is 0.357 e. The van der Waals surface area contributed by atoms with Crippen molar-refractivity contribution >= 4 is 49.7 Å². The fraction of sp³-hybridized carbons (Fsp3) is 0.400. The molecule has 2 aromatic rings. The third-order valence-corrected chi connectivity index (χ3v) is 6.08. The second-order valence-corrected chi connectivity index (χ2v) is 10.2. The van der Waals surface area contributed by atoms with Gasteiger partial charge in [0.2, 0.25) is 15.2 Å². The van der Waals surface area contributed by atoms with E-state index in [1.807, 2.05) is 6.92 Å². The molecule has 1 aromatic heterocycles. The number of hydrogen-bond acceptors (Lipinski definition) is 8. The molecule has 0 aliphatic heterocycles. The van der Waals surface area contributed by atoms with Crippen LogP contribution >= 0.6 is 23.1 Å². The summed E-state index contributed by atoms with van der Waals surface area (Å²) in [7, 11) is -3.33. The first kappa shape index (κ1) is 18.2. The molecule has 1 heterocycles. The zero-order chi connectivity index (χ0) is 18.0. The van der Waals surface area contributed by atoms with Crippen molar-refractivity contribution < 1.29 is 13.2 Å². The van der Waals surface area contributed by atoms with E-state index < -0.39 is 10.0 Å². The average Bonchev–Trinajstić information content (AvgIpc) is 3.24. The molecule has 10 heteroatoms. The summed E-state index contributed by atoms with van der Waals surface area (Å²) in [4.78, 5) is 12.5. The van der Waals surface area contributed by atoms with Gasteiger partial charge < -0.3 is 5.32 Å². The van der Waals surface area contributed by atoms with Gasteiger partial charge in [0.05, 0.1) is 11.5 Å². The van der Waals surface area contributed by atoms with Crippen molar-refractivity contribution in [1.29, 1.82) is 0 Å². The first-order valence-corrected chi connectivity index (χ1v) is 11.3. The van der Waals surface area contributed by atoms with E-state index in [1.54, 1.807) is 24.3 Å². The number of hydrogen-bond donors (Lipinski definition) is 2. The Labute approximate surface area is 154 Å². The summed E-state index contributed by atoms with van der Waals surface area (Å²) >= 11 is 2.82. The maximum atomic E-state index is 12.5. The summed E-state index contributed by atoms with van der Waals surface area (Å²) < 4.78 is 25.5. The predicted molar refractivity (Wildman–Crippen MR) is 101 cm³/mol. The van der Waals surface area contributed by atoms with Gasteiger partial charge in [-0.05, 0) is 44.0 Å². The zero-order valence-electron chi connectivity index (χ0n) is 13.7. The first-order valence-electron chi connectivity index (χ1n) is 7.69. The van der Waals surface area contributed by atoms with E-state index in [0.29, 0.717) is 17.3 Å². The molecular formula is C15H18N4O3S3. The van der Waals surface area contributed by atoms with Crippen LogP contribution in [0.4, 0.5) is 10.8 Å². The second-order valence-electron chi connectivity index (χ2n) is 5.87. The number of rotatable bonds is 8. The van der Waals surface area contributed by atoms with Gasteiger partial charge in [0.15, 0.2) is 10.1 Å². The Kier molecular flexibility index (Phi) is 5.30. The van der Waals surface area contributed by atoms with Gasteiger partial charge in [0, 0.05) is 17.3 Å². The molecular weight excluding hydrogens is 380 g/mol. The molecule has 25 heavy (non-hydrogen) atoms. The number of sulfonamides is 1. The molecule has 1 aliphatic carbocycles. The Morgan fingerprint density at radius 1 is 1.28 bits per heavy atom. The molecule has 134 valence electrons. The molecule has 7 nitrogen and oxygen atoms in total. The van der Waals surface area contributed by atoms with Crippen LogP contribution in [0.2, 0.25) is 0 Å². The van der Waals surface area contributed by atoms with E-state index in [2.05, 4.69) is 20.2 Å². The number of anilines is 2. The van der Waals surface area contributed by atoms with Crippen LogP contribution in [-0.4, -0.2) is 41.9 Å². The standard InChI is InChI=1S/C15H18N4O3S3/c1-9(23-15-18-17-14(24-15)16-11-7-8-11)13(20)10-3-5-12(6-4-10)19-25(2,21)22/h3-6,9,11,19H,7-8H2,1-2H3,(H,16,17)/t9-/m1/s1. The lowest BCUT2D eigenvalue weighted by molar-refractivity contribution is 0.0994. The summed E-state index contributed by atoms with van der Waals surface area (Å²) in [5.41, 5.74) is 0.958. The van der Waals surface area contributed by atoms with Crippen molar-refractivity contribution in [3.63, 3.8) is 0 Å². The molecule has 1 saturated carbocycles. The van der Waals surface area contributed by atoms with Crippen molar-refractivity contribution in [2.45, 2.75) is 35.4 Å². The van der Waals surface area contributed by atoms with Crippen LogP contribution in [0.25, 0.3) is 0 Å². The molecule has 0 radical (unpaired) electrons. The molecule has 2 N–H and O–H groups in total. The van der Waals surface area contributed by atoms with Crippen LogP contribution in [0.3, 0.4) is 0 Å². The minimum atomic E-state index is -3.33. The van der Waals surface area contributed by atoms with E-state index in [9.17, 15) is 13.2 Å². The van der Waals surface area contributed by atoms with Gasteiger partial charge in [-0.1, -0.05) is 23.1 Å². The van der Waals surface area contributed by atoms with Crippen LogP contribution in [0, 0.1) is 0 Å². The predicted octanol–water partition coefficient (Wildman–Crippen LogP) is 2.85. The molecule has 0 bridgehead atoms. The molecule has 0 amide bonds. The lowest BCUT2D eigenvalue weighted by Gasteiger charge is -2.09. The third kappa shape index (κ3) is 5.41. The maximum Gasteiger partial charge on any atom is 0.229 e. The SMILES string of the molecule is C[C@@H](Sc1nnc(NC2CC2)s1)C(=O)c1ccc(NS(C)(=O)=O)cc1. The van der Waals surface area contributed by atoms with E-state index in [-0.39, 0.29) is 11.0 Å². The highest BCUT2D eigenvalue weighted by atomic mass is 32.2. The highest BCUT2D eigenvalue weighted by Crippen LogP contribution is 2.33. The average molecular weight is 399 g/mol. The molecule has 3 rings (SSSR count). The van der Waals surface area contributed by atoms with Crippen LogP contribution in [0.1, 0.15) is 30.1 Å². The summed E-state index contributed by atoms with van der Waals surface area (Å²) in [6, 6.07) is 6.91. The van der Waals surface area contributed by atoms with Crippen LogP contribution in [0.5, 0.6) is 0 Å². The minimum Gasteiger partial charge on any atom is -0.357 e. The number of nitrogens with one attached hydrogen (secondary N) is 2. The number of carbonyl (C=O) groups is 1. The lowest BCUT2D eigenvalue weighted by Crippen LogP contribution is -2.14. The third-order valence-electron chi connectivity index (χ3n) is 3.43. The summed E-state index contributed by atoms with van der Waals surface area (Å²) in [6.07, 6.45) is 3.42. The van der Waals surface area contributed by atoms with Gasteiger partial charge >= 0.3 is 0 Å². The van der Waals surface area contributed by atoms with Crippen molar-refractivity contribution in [1.82, 2.24) is 10.2 Å². The molecule has 0 unspecified atom stereocenters. The highest BCUT2D eigenvalue weighted by molar-refractivity contribution is 8.02. The van der Waals surface area contributed by atoms with Crippen molar-refractivity contribution in [2.75, 3.05) is 16.3 Å². The number of thioether (sulfide) groups is 1. The molecule has 1 fully saturated rings. The minimum absolute atomic E-state index is 0.0391. The van der Waals surface area contributed by atoms with Gasteiger partial charge in [-0.3, -0.25) is 9.52 Å². The van der Waals surface area contributed by atoms with Crippen molar-refractivity contribution in [2.24, 2.45) is 0 Å². The van der Waals surface area contributed by atoms with E-state index in [4.69, 9.17) is 0 Å². The Bertz CT molecular complexity index is 860. The van der Waals surface area contributed by atoms with Crippen LogP contribution < -0.4 is 10.0 Å². The molecule has 1 atom stereocenters. The van der Waals surface area contributed by atoms with Gasteiger partial charge in [0.25, 0.3) is 0 Å². The van der Waals surface area contributed by atoms with Gasteiger partial charge in [-0.25, -0.2) is 8.42 Å². The van der Waals surface area contributed by atoms with Gasteiger partial charge in [-0.2, -0.15) is 0 Å². The Hall–Kier alpha value is -1.65. The first-order chi connectivity index (χ1) is 11.8. The number of ketones is 1. The monoisotopic (exact) mass is 398 g/mol. The van der Waals surface area contributed by atoms with E-state index in [1.165, 1.54) is 35.9 Å². The normalized spacial score (nSPS) is 15.6. The second kappa shape index (κ2) is 7.30. The number of carbonyl (C=O) groups excluding carboxylic acids is 1. The van der Waals surface area contributed by atoms with Crippen LogP contribution in [-0.2, 0) is 10.0 Å². The van der Waals surface area contributed by atoms with Gasteiger partial charge in [0.1, 0.15) is 0 Å². The lowest BCUT2D eigenvalue weighted by atomic mass is 10.1.